The molecule has 1 amide bonds. The van der Waals surface area contributed by atoms with Gasteiger partial charge < -0.3 is 9.64 Å². The number of carbonyl (C=O) groups excluding carboxylic acids is 1. The molecule has 1 rings (SSSR count). The Labute approximate surface area is 59.4 Å². The molecule has 1 aliphatic rings. The maximum absolute atomic E-state index is 10.6. The van der Waals surface area contributed by atoms with Crippen LogP contribution in [-0.4, -0.2) is 36.4 Å². The highest BCUT2D eigenvalue weighted by atomic mass is 32.1. The van der Waals surface area contributed by atoms with Gasteiger partial charge in [-0.1, -0.05) is 0 Å². The number of cyclic esters (lactones) is 1. The van der Waals surface area contributed by atoms with Gasteiger partial charge in [-0.15, -0.1) is 0 Å². The highest BCUT2D eigenvalue weighted by Gasteiger charge is 2.19. The van der Waals surface area contributed by atoms with Crippen LogP contribution in [-0.2, 0) is 4.74 Å². The number of nitrogens with zero attached hydrogens (tertiary/aromatic N) is 1. The van der Waals surface area contributed by atoms with E-state index in [4.69, 9.17) is 0 Å². The Morgan fingerprint density at radius 1 is 1.78 bits per heavy atom. The van der Waals surface area contributed by atoms with E-state index in [9.17, 15) is 4.79 Å². The molecule has 0 atom stereocenters. The SMILES string of the molecule is O=C1OCCN1CCS. The molecular weight excluding hydrogens is 138 g/mol. The molecule has 1 heterocycles. The van der Waals surface area contributed by atoms with E-state index in [2.05, 4.69) is 17.4 Å². The molecule has 0 aromatic rings. The fourth-order valence-electron chi connectivity index (χ4n) is 0.750. The van der Waals surface area contributed by atoms with Crippen LogP contribution in [0.5, 0.6) is 0 Å². The molecule has 0 spiro atoms. The van der Waals surface area contributed by atoms with Crippen LogP contribution in [0, 0.1) is 0 Å². The van der Waals surface area contributed by atoms with E-state index >= 15 is 0 Å². The van der Waals surface area contributed by atoms with Crippen molar-refractivity contribution >= 4 is 18.7 Å². The van der Waals surface area contributed by atoms with Crippen LogP contribution >= 0.6 is 12.6 Å². The lowest BCUT2D eigenvalue weighted by molar-refractivity contribution is 0.160. The summed E-state index contributed by atoms with van der Waals surface area (Å²) in [5.74, 6) is 0.703. The zero-order chi connectivity index (χ0) is 6.69. The van der Waals surface area contributed by atoms with E-state index in [0.717, 1.165) is 6.54 Å². The van der Waals surface area contributed by atoms with Gasteiger partial charge in [-0.3, -0.25) is 0 Å². The van der Waals surface area contributed by atoms with E-state index in [1.807, 2.05) is 0 Å². The first-order valence-corrected chi connectivity index (χ1v) is 3.50. The standard InChI is InChI=1S/C5H9NO2S/c7-5-6(2-4-9)1-3-8-5/h9H,1-4H2. The van der Waals surface area contributed by atoms with Gasteiger partial charge in [0.1, 0.15) is 6.61 Å². The first-order valence-electron chi connectivity index (χ1n) is 2.87. The third-order valence-corrected chi connectivity index (χ3v) is 1.41. The van der Waals surface area contributed by atoms with E-state index in [-0.39, 0.29) is 6.09 Å². The van der Waals surface area contributed by atoms with Crippen molar-refractivity contribution in [3.8, 4) is 0 Å². The molecule has 3 nitrogen and oxygen atoms in total. The molecule has 9 heavy (non-hydrogen) atoms. The van der Waals surface area contributed by atoms with Crippen LogP contribution in [0.3, 0.4) is 0 Å². The monoisotopic (exact) mass is 147 g/mol. The van der Waals surface area contributed by atoms with E-state index in [0.29, 0.717) is 18.9 Å². The van der Waals surface area contributed by atoms with Crippen molar-refractivity contribution in [3.05, 3.63) is 0 Å². The van der Waals surface area contributed by atoms with E-state index < -0.39 is 0 Å². The van der Waals surface area contributed by atoms with Gasteiger partial charge in [-0.25, -0.2) is 4.79 Å². The third kappa shape index (κ3) is 1.51. The molecular formula is C5H9NO2S. The van der Waals surface area contributed by atoms with Gasteiger partial charge in [0, 0.05) is 12.3 Å². The quantitative estimate of drug-likeness (QED) is 0.572. The molecule has 1 aliphatic heterocycles. The number of ether oxygens (including phenoxy) is 1. The van der Waals surface area contributed by atoms with Crippen LogP contribution in [0.4, 0.5) is 4.79 Å². The second kappa shape index (κ2) is 2.96. The lowest BCUT2D eigenvalue weighted by Crippen LogP contribution is -2.26. The average Bonchev–Trinajstić information content (AvgIpc) is 2.18. The second-order valence-corrected chi connectivity index (χ2v) is 2.27. The second-order valence-electron chi connectivity index (χ2n) is 1.83. The summed E-state index contributed by atoms with van der Waals surface area (Å²) < 4.78 is 4.67. The number of carbonyl (C=O) groups is 1. The molecule has 0 radical (unpaired) electrons. The van der Waals surface area contributed by atoms with Crippen molar-refractivity contribution in [1.82, 2.24) is 4.90 Å². The van der Waals surface area contributed by atoms with Crippen LogP contribution in [0.15, 0.2) is 0 Å². The molecule has 0 bridgehead atoms. The van der Waals surface area contributed by atoms with Crippen LogP contribution < -0.4 is 0 Å². The summed E-state index contributed by atoms with van der Waals surface area (Å²) in [5, 5.41) is 0. The minimum Gasteiger partial charge on any atom is -0.448 e. The normalized spacial score (nSPS) is 18.3. The molecule has 0 aromatic heterocycles. The van der Waals surface area contributed by atoms with Crippen molar-refractivity contribution in [3.63, 3.8) is 0 Å². The highest BCUT2D eigenvalue weighted by molar-refractivity contribution is 7.80. The highest BCUT2D eigenvalue weighted by Crippen LogP contribution is 2.01. The van der Waals surface area contributed by atoms with Crippen LogP contribution in [0.2, 0.25) is 0 Å². The number of thiol groups is 1. The van der Waals surface area contributed by atoms with Gasteiger partial charge in [-0.05, 0) is 0 Å². The zero-order valence-electron chi connectivity index (χ0n) is 5.04. The van der Waals surface area contributed by atoms with Gasteiger partial charge in [0.15, 0.2) is 0 Å². The first-order chi connectivity index (χ1) is 4.34. The fourth-order valence-corrected chi connectivity index (χ4v) is 0.991. The minimum absolute atomic E-state index is 0.205. The van der Waals surface area contributed by atoms with Crippen LogP contribution in [0.25, 0.3) is 0 Å². The number of rotatable bonds is 2. The summed E-state index contributed by atoms with van der Waals surface area (Å²) in [6, 6.07) is 0. The molecule has 0 saturated carbocycles. The molecule has 52 valence electrons. The van der Waals surface area contributed by atoms with Crippen molar-refractivity contribution in [2.45, 2.75) is 0 Å². The summed E-state index contributed by atoms with van der Waals surface area (Å²) in [4.78, 5) is 12.3. The molecule has 0 N–H and O–H groups in total. The van der Waals surface area contributed by atoms with Gasteiger partial charge >= 0.3 is 6.09 Å². The molecule has 1 fully saturated rings. The number of hydrogen-bond acceptors (Lipinski definition) is 3. The molecule has 0 aliphatic carbocycles. The number of amides is 1. The maximum atomic E-state index is 10.6. The summed E-state index contributed by atoms with van der Waals surface area (Å²) >= 11 is 3.99. The Morgan fingerprint density at radius 2 is 2.56 bits per heavy atom. The van der Waals surface area contributed by atoms with Crippen molar-refractivity contribution < 1.29 is 9.53 Å². The third-order valence-electron chi connectivity index (χ3n) is 1.21. The predicted molar refractivity (Wildman–Crippen MR) is 36.8 cm³/mol. The van der Waals surface area contributed by atoms with Gasteiger partial charge in [0.25, 0.3) is 0 Å². The minimum atomic E-state index is -0.205. The molecule has 0 unspecified atom stereocenters. The van der Waals surface area contributed by atoms with E-state index in [1.165, 1.54) is 0 Å². The fraction of sp³-hybridized carbons (Fsp3) is 0.800. The van der Waals surface area contributed by atoms with Gasteiger partial charge in [0.2, 0.25) is 0 Å². The lowest BCUT2D eigenvalue weighted by Gasteiger charge is -2.08. The number of hydrogen-bond donors (Lipinski definition) is 1. The summed E-state index contributed by atoms with van der Waals surface area (Å²) in [7, 11) is 0. The summed E-state index contributed by atoms with van der Waals surface area (Å²) in [6.45, 7) is 1.95. The van der Waals surface area contributed by atoms with Gasteiger partial charge in [0.05, 0.1) is 6.54 Å². The smallest absolute Gasteiger partial charge is 0.409 e. The summed E-state index contributed by atoms with van der Waals surface area (Å²) in [6.07, 6.45) is -0.205. The van der Waals surface area contributed by atoms with Crippen LogP contribution in [0.1, 0.15) is 0 Å². The Morgan fingerprint density at radius 3 is 3.00 bits per heavy atom. The largest absolute Gasteiger partial charge is 0.448 e. The first kappa shape index (κ1) is 6.74. The maximum Gasteiger partial charge on any atom is 0.409 e. The Hall–Kier alpha value is -0.380. The lowest BCUT2D eigenvalue weighted by atomic mass is 10.6. The Bertz CT molecular complexity index is 118. The summed E-state index contributed by atoms with van der Waals surface area (Å²) in [5.41, 5.74) is 0. The zero-order valence-corrected chi connectivity index (χ0v) is 5.93. The molecule has 0 aromatic carbocycles. The Kier molecular flexibility index (Phi) is 2.22. The molecule has 1 saturated heterocycles. The topological polar surface area (TPSA) is 29.5 Å². The molecule has 4 heteroatoms. The van der Waals surface area contributed by atoms with Crippen molar-refractivity contribution in [2.75, 3.05) is 25.4 Å². The van der Waals surface area contributed by atoms with E-state index in [1.54, 1.807) is 4.90 Å². The average molecular weight is 147 g/mol. The predicted octanol–water partition coefficient (Wildman–Crippen LogP) is 0.368. The van der Waals surface area contributed by atoms with Crippen molar-refractivity contribution in [1.29, 1.82) is 0 Å². The Balaban J connectivity index is 2.31. The van der Waals surface area contributed by atoms with Crippen molar-refractivity contribution in [2.24, 2.45) is 0 Å². The van der Waals surface area contributed by atoms with Gasteiger partial charge in [-0.2, -0.15) is 12.6 Å².